The Morgan fingerprint density at radius 1 is 0.958 bits per heavy atom. The summed E-state index contributed by atoms with van der Waals surface area (Å²) >= 11 is 0. The minimum absolute atomic E-state index is 0.0126. The van der Waals surface area contributed by atoms with Crippen molar-refractivity contribution in [1.82, 2.24) is 0 Å². The van der Waals surface area contributed by atoms with Crippen LogP contribution in [-0.2, 0) is 16.0 Å². The molecular weight excluding hydrogens is 300 g/mol. The molecule has 2 rings (SSSR count). The van der Waals surface area contributed by atoms with E-state index in [1.54, 1.807) is 16.8 Å². The normalized spacial score (nSPS) is 10.3. The summed E-state index contributed by atoms with van der Waals surface area (Å²) in [6, 6.07) is 17.4. The highest BCUT2D eigenvalue weighted by Gasteiger charge is 2.18. The Morgan fingerprint density at radius 3 is 2.21 bits per heavy atom. The van der Waals surface area contributed by atoms with Crippen LogP contribution in [0, 0.1) is 0 Å². The van der Waals surface area contributed by atoms with Gasteiger partial charge in [0.1, 0.15) is 0 Å². The number of hydrogen-bond donors (Lipinski definition) is 0. The molecule has 0 saturated carbocycles. The number of aryl methyl sites for hydroxylation is 1. The molecule has 24 heavy (non-hydrogen) atoms. The Balaban J connectivity index is 2.09. The van der Waals surface area contributed by atoms with Gasteiger partial charge in [-0.15, -0.1) is 0 Å². The van der Waals surface area contributed by atoms with E-state index in [0.717, 1.165) is 23.4 Å². The van der Waals surface area contributed by atoms with Gasteiger partial charge in [-0.2, -0.15) is 0 Å². The van der Waals surface area contributed by atoms with Crippen molar-refractivity contribution in [1.29, 1.82) is 0 Å². The van der Waals surface area contributed by atoms with Crippen LogP contribution in [0.3, 0.4) is 0 Å². The number of rotatable bonds is 6. The maximum Gasteiger partial charge on any atom is 0.228 e. The van der Waals surface area contributed by atoms with Crippen molar-refractivity contribution >= 4 is 23.2 Å². The SMILES string of the molecule is CCc1ccccc1N(CCC(=O)N(C)c1ccccc1)C(C)=O. The van der Waals surface area contributed by atoms with Gasteiger partial charge in [-0.1, -0.05) is 43.3 Å². The Kier molecular flexibility index (Phi) is 6.13. The average molecular weight is 324 g/mol. The lowest BCUT2D eigenvalue weighted by Gasteiger charge is -2.25. The van der Waals surface area contributed by atoms with Crippen LogP contribution in [0.4, 0.5) is 11.4 Å². The van der Waals surface area contributed by atoms with Crippen molar-refractivity contribution in [2.75, 3.05) is 23.4 Å². The van der Waals surface area contributed by atoms with Gasteiger partial charge in [0.25, 0.3) is 0 Å². The molecule has 0 spiro atoms. The highest BCUT2D eigenvalue weighted by atomic mass is 16.2. The predicted octanol–water partition coefficient (Wildman–Crippen LogP) is 3.66. The van der Waals surface area contributed by atoms with Crippen molar-refractivity contribution in [2.45, 2.75) is 26.7 Å². The van der Waals surface area contributed by atoms with E-state index < -0.39 is 0 Å². The van der Waals surface area contributed by atoms with E-state index in [0.29, 0.717) is 6.54 Å². The van der Waals surface area contributed by atoms with Crippen LogP contribution in [0.5, 0.6) is 0 Å². The summed E-state index contributed by atoms with van der Waals surface area (Å²) in [4.78, 5) is 27.8. The van der Waals surface area contributed by atoms with Gasteiger partial charge in [-0.3, -0.25) is 9.59 Å². The zero-order chi connectivity index (χ0) is 17.5. The van der Waals surface area contributed by atoms with E-state index in [-0.39, 0.29) is 18.2 Å². The summed E-state index contributed by atoms with van der Waals surface area (Å²) in [5.41, 5.74) is 2.85. The van der Waals surface area contributed by atoms with Gasteiger partial charge in [0.05, 0.1) is 0 Å². The number of amides is 2. The van der Waals surface area contributed by atoms with Crippen LogP contribution in [0.15, 0.2) is 54.6 Å². The van der Waals surface area contributed by atoms with Crippen LogP contribution >= 0.6 is 0 Å². The Labute approximate surface area is 143 Å². The van der Waals surface area contributed by atoms with Gasteiger partial charge in [0, 0.05) is 38.3 Å². The fraction of sp³-hybridized carbons (Fsp3) is 0.300. The smallest absolute Gasteiger partial charge is 0.228 e. The lowest BCUT2D eigenvalue weighted by atomic mass is 10.1. The fourth-order valence-electron chi connectivity index (χ4n) is 2.69. The maximum absolute atomic E-state index is 12.4. The zero-order valence-electron chi connectivity index (χ0n) is 14.5. The molecule has 0 atom stereocenters. The van der Waals surface area contributed by atoms with E-state index in [9.17, 15) is 9.59 Å². The number of para-hydroxylation sites is 2. The molecule has 0 heterocycles. The molecule has 0 aliphatic carbocycles. The topological polar surface area (TPSA) is 40.6 Å². The second kappa shape index (κ2) is 8.29. The number of anilines is 2. The molecule has 0 aliphatic heterocycles. The highest BCUT2D eigenvalue weighted by Crippen LogP contribution is 2.22. The molecule has 2 aromatic rings. The number of carbonyl (C=O) groups is 2. The van der Waals surface area contributed by atoms with Crippen molar-refractivity contribution in [3.63, 3.8) is 0 Å². The molecule has 4 nitrogen and oxygen atoms in total. The van der Waals surface area contributed by atoms with Gasteiger partial charge < -0.3 is 9.80 Å². The van der Waals surface area contributed by atoms with Crippen LogP contribution in [0.2, 0.25) is 0 Å². The number of hydrogen-bond acceptors (Lipinski definition) is 2. The Morgan fingerprint density at radius 2 is 1.58 bits per heavy atom. The highest BCUT2D eigenvalue weighted by molar-refractivity contribution is 5.96. The summed E-state index contributed by atoms with van der Waals surface area (Å²) in [6.07, 6.45) is 1.13. The van der Waals surface area contributed by atoms with Gasteiger partial charge in [0.2, 0.25) is 11.8 Å². The number of carbonyl (C=O) groups excluding carboxylic acids is 2. The molecule has 0 bridgehead atoms. The van der Waals surface area contributed by atoms with E-state index in [4.69, 9.17) is 0 Å². The van der Waals surface area contributed by atoms with Crippen molar-refractivity contribution in [3.05, 3.63) is 60.2 Å². The maximum atomic E-state index is 12.4. The standard InChI is InChI=1S/C20H24N2O2/c1-4-17-10-8-9-13-19(17)22(16(2)23)15-14-20(24)21(3)18-11-6-5-7-12-18/h5-13H,4,14-15H2,1-3H3. The van der Waals surface area contributed by atoms with Crippen LogP contribution in [-0.4, -0.2) is 25.4 Å². The van der Waals surface area contributed by atoms with E-state index in [1.165, 1.54) is 6.92 Å². The molecule has 0 radical (unpaired) electrons. The molecule has 0 fully saturated rings. The van der Waals surface area contributed by atoms with Crippen LogP contribution in [0.1, 0.15) is 25.8 Å². The first-order chi connectivity index (χ1) is 11.5. The molecule has 0 aliphatic rings. The Hall–Kier alpha value is -2.62. The van der Waals surface area contributed by atoms with E-state index >= 15 is 0 Å². The van der Waals surface area contributed by atoms with Gasteiger partial charge >= 0.3 is 0 Å². The first-order valence-electron chi connectivity index (χ1n) is 8.22. The largest absolute Gasteiger partial charge is 0.315 e. The average Bonchev–Trinajstić information content (AvgIpc) is 2.62. The van der Waals surface area contributed by atoms with Crippen molar-refractivity contribution < 1.29 is 9.59 Å². The molecule has 126 valence electrons. The quantitative estimate of drug-likeness (QED) is 0.814. The molecule has 0 saturated heterocycles. The lowest BCUT2D eigenvalue weighted by molar-refractivity contribution is -0.118. The third-order valence-electron chi connectivity index (χ3n) is 4.11. The predicted molar refractivity (Wildman–Crippen MR) is 98.3 cm³/mol. The first-order valence-corrected chi connectivity index (χ1v) is 8.22. The van der Waals surface area contributed by atoms with Crippen molar-refractivity contribution in [2.24, 2.45) is 0 Å². The summed E-state index contributed by atoms with van der Waals surface area (Å²) in [7, 11) is 1.76. The first kappa shape index (κ1) is 17.7. The Bertz CT molecular complexity index is 698. The third-order valence-corrected chi connectivity index (χ3v) is 4.11. The lowest BCUT2D eigenvalue weighted by Crippen LogP contribution is -2.35. The van der Waals surface area contributed by atoms with Crippen LogP contribution in [0.25, 0.3) is 0 Å². The second-order valence-corrected chi connectivity index (χ2v) is 5.69. The minimum atomic E-state index is -0.0499. The molecule has 2 aromatic carbocycles. The van der Waals surface area contributed by atoms with E-state index in [2.05, 4.69) is 6.92 Å². The van der Waals surface area contributed by atoms with Crippen molar-refractivity contribution in [3.8, 4) is 0 Å². The number of nitrogens with zero attached hydrogens (tertiary/aromatic N) is 2. The monoisotopic (exact) mass is 324 g/mol. The summed E-state index contributed by atoms with van der Waals surface area (Å²) in [5, 5.41) is 0. The molecule has 0 aromatic heterocycles. The van der Waals surface area contributed by atoms with Crippen LogP contribution < -0.4 is 9.80 Å². The molecule has 0 N–H and O–H groups in total. The van der Waals surface area contributed by atoms with Gasteiger partial charge in [-0.25, -0.2) is 0 Å². The van der Waals surface area contributed by atoms with Gasteiger partial charge in [-0.05, 0) is 30.2 Å². The third kappa shape index (κ3) is 4.22. The van der Waals surface area contributed by atoms with Gasteiger partial charge in [0.15, 0.2) is 0 Å². The summed E-state index contributed by atoms with van der Waals surface area (Å²) in [5.74, 6) is -0.0625. The fourth-order valence-corrected chi connectivity index (χ4v) is 2.69. The zero-order valence-corrected chi connectivity index (χ0v) is 14.5. The molecule has 0 unspecified atom stereocenters. The molecule has 4 heteroatoms. The van der Waals surface area contributed by atoms with E-state index in [1.807, 2.05) is 54.6 Å². The molecule has 2 amide bonds. The summed E-state index contributed by atoms with van der Waals surface area (Å²) in [6.45, 7) is 3.98. The second-order valence-electron chi connectivity index (χ2n) is 5.69. The summed E-state index contributed by atoms with van der Waals surface area (Å²) < 4.78 is 0. The number of benzene rings is 2. The minimum Gasteiger partial charge on any atom is -0.315 e. The molecular formula is C20H24N2O2.